The van der Waals surface area contributed by atoms with E-state index in [-0.39, 0.29) is 18.3 Å². The predicted octanol–water partition coefficient (Wildman–Crippen LogP) is 3.28. The van der Waals surface area contributed by atoms with Gasteiger partial charge < -0.3 is 19.3 Å². The molecular weight excluding hydrogens is 304 g/mol. The van der Waals surface area contributed by atoms with Gasteiger partial charge in [0.2, 0.25) is 0 Å². The topological polar surface area (TPSA) is 47.9 Å². The van der Waals surface area contributed by atoms with E-state index in [9.17, 15) is 5.11 Å². The van der Waals surface area contributed by atoms with Gasteiger partial charge in [0.1, 0.15) is 6.10 Å². The van der Waals surface area contributed by atoms with Gasteiger partial charge in [-0.05, 0) is 18.1 Å². The molecule has 0 aliphatic carbocycles. The van der Waals surface area contributed by atoms with Gasteiger partial charge >= 0.3 is 0 Å². The van der Waals surface area contributed by atoms with E-state index in [4.69, 9.17) is 14.2 Å². The summed E-state index contributed by atoms with van der Waals surface area (Å²) in [7, 11) is 0. The highest BCUT2D eigenvalue weighted by molar-refractivity contribution is 5.14. The quantitative estimate of drug-likeness (QED) is 0.884. The third-order valence-electron chi connectivity index (χ3n) is 4.23. The summed E-state index contributed by atoms with van der Waals surface area (Å²) >= 11 is 0. The maximum atomic E-state index is 9.89. The molecule has 0 aromatic heterocycles. The molecule has 1 unspecified atom stereocenters. The molecule has 24 heavy (non-hydrogen) atoms. The Hall–Kier alpha value is -1.72. The van der Waals surface area contributed by atoms with Gasteiger partial charge in [-0.15, -0.1) is 0 Å². The van der Waals surface area contributed by atoms with Crippen molar-refractivity contribution in [1.82, 2.24) is 0 Å². The lowest BCUT2D eigenvalue weighted by Crippen LogP contribution is -2.49. The molecule has 0 saturated carbocycles. The summed E-state index contributed by atoms with van der Waals surface area (Å²) in [6, 6.07) is 20.0. The molecule has 0 radical (unpaired) electrons. The standard InChI is InChI=1S/C20H24O4/c1-15-20(23-14-17-10-6-3-7-11-17)18(12-19(21)24-15)22-13-16-8-4-2-5-9-16/h2-11,15,18-21H,12-14H2,1H3/t15?,18-,19+,20+/m1/s1. The van der Waals surface area contributed by atoms with E-state index in [1.807, 2.05) is 67.6 Å². The fraction of sp³-hybridized carbons (Fsp3) is 0.400. The Morgan fingerprint density at radius 3 is 2.04 bits per heavy atom. The number of hydrogen-bond donors (Lipinski definition) is 1. The molecule has 1 aliphatic rings. The minimum atomic E-state index is -0.808. The van der Waals surface area contributed by atoms with Gasteiger partial charge in [-0.3, -0.25) is 0 Å². The summed E-state index contributed by atoms with van der Waals surface area (Å²) in [4.78, 5) is 0. The summed E-state index contributed by atoms with van der Waals surface area (Å²) in [5, 5.41) is 9.89. The van der Waals surface area contributed by atoms with Crippen LogP contribution in [-0.4, -0.2) is 29.7 Å². The first kappa shape index (κ1) is 17.1. The third-order valence-corrected chi connectivity index (χ3v) is 4.23. The minimum Gasteiger partial charge on any atom is -0.371 e. The van der Waals surface area contributed by atoms with Crippen LogP contribution in [0.5, 0.6) is 0 Å². The number of ether oxygens (including phenoxy) is 3. The Balaban J connectivity index is 1.61. The monoisotopic (exact) mass is 328 g/mol. The van der Waals surface area contributed by atoms with Crippen molar-refractivity contribution in [1.29, 1.82) is 0 Å². The smallest absolute Gasteiger partial charge is 0.157 e. The van der Waals surface area contributed by atoms with Crippen LogP contribution in [0.2, 0.25) is 0 Å². The van der Waals surface area contributed by atoms with Crippen LogP contribution in [0.15, 0.2) is 60.7 Å². The van der Waals surface area contributed by atoms with Gasteiger partial charge in [0.15, 0.2) is 6.29 Å². The van der Waals surface area contributed by atoms with Crippen LogP contribution in [0.1, 0.15) is 24.5 Å². The molecule has 0 spiro atoms. The van der Waals surface area contributed by atoms with E-state index in [1.165, 1.54) is 0 Å². The van der Waals surface area contributed by atoms with Crippen LogP contribution in [0.3, 0.4) is 0 Å². The van der Waals surface area contributed by atoms with E-state index in [0.717, 1.165) is 11.1 Å². The third kappa shape index (κ3) is 4.65. The lowest BCUT2D eigenvalue weighted by molar-refractivity contribution is -0.251. The van der Waals surface area contributed by atoms with E-state index in [2.05, 4.69) is 0 Å². The van der Waals surface area contributed by atoms with Crippen molar-refractivity contribution in [3.63, 3.8) is 0 Å². The zero-order valence-corrected chi connectivity index (χ0v) is 13.9. The maximum Gasteiger partial charge on any atom is 0.157 e. The Bertz CT molecular complexity index is 602. The normalized spacial score (nSPS) is 27.1. The number of rotatable bonds is 6. The highest BCUT2D eigenvalue weighted by Gasteiger charge is 2.37. The summed E-state index contributed by atoms with van der Waals surface area (Å²) in [5.74, 6) is 0. The van der Waals surface area contributed by atoms with E-state index in [1.54, 1.807) is 0 Å². The Kier molecular flexibility index (Phi) is 5.99. The maximum absolute atomic E-state index is 9.89. The van der Waals surface area contributed by atoms with Crippen LogP contribution in [0.25, 0.3) is 0 Å². The second-order valence-corrected chi connectivity index (χ2v) is 6.13. The SMILES string of the molecule is CC1O[C@H](O)C[C@@H](OCc2ccccc2)[C@H]1OCc1ccccc1. The van der Waals surface area contributed by atoms with Crippen LogP contribution in [0, 0.1) is 0 Å². The molecule has 4 nitrogen and oxygen atoms in total. The van der Waals surface area contributed by atoms with Gasteiger partial charge in [-0.1, -0.05) is 60.7 Å². The lowest BCUT2D eigenvalue weighted by atomic mass is 10.0. The first-order chi connectivity index (χ1) is 11.7. The van der Waals surface area contributed by atoms with E-state index >= 15 is 0 Å². The number of aliphatic hydroxyl groups is 1. The van der Waals surface area contributed by atoms with Gasteiger partial charge in [0, 0.05) is 6.42 Å². The first-order valence-corrected chi connectivity index (χ1v) is 8.37. The lowest BCUT2D eigenvalue weighted by Gasteiger charge is -2.38. The molecule has 1 aliphatic heterocycles. The summed E-state index contributed by atoms with van der Waals surface area (Å²) in [5.41, 5.74) is 2.21. The van der Waals surface area contributed by atoms with E-state index in [0.29, 0.717) is 19.6 Å². The van der Waals surface area contributed by atoms with Crippen molar-refractivity contribution >= 4 is 0 Å². The van der Waals surface area contributed by atoms with Crippen LogP contribution in [-0.2, 0) is 27.4 Å². The van der Waals surface area contributed by atoms with E-state index < -0.39 is 6.29 Å². The molecule has 4 heteroatoms. The summed E-state index contributed by atoms with van der Waals surface area (Å²) in [6.45, 7) is 2.91. The zero-order valence-electron chi connectivity index (χ0n) is 13.9. The molecule has 1 fully saturated rings. The molecule has 1 saturated heterocycles. The highest BCUT2D eigenvalue weighted by atomic mass is 16.6. The number of hydrogen-bond acceptors (Lipinski definition) is 4. The molecular formula is C20H24O4. The molecule has 128 valence electrons. The van der Waals surface area contributed by atoms with Crippen LogP contribution < -0.4 is 0 Å². The Labute approximate surface area is 143 Å². The van der Waals surface area contributed by atoms with Crippen LogP contribution in [0.4, 0.5) is 0 Å². The Morgan fingerprint density at radius 1 is 0.917 bits per heavy atom. The largest absolute Gasteiger partial charge is 0.371 e. The second kappa shape index (κ2) is 8.40. The molecule has 0 bridgehead atoms. The van der Waals surface area contributed by atoms with Gasteiger partial charge in [0.25, 0.3) is 0 Å². The second-order valence-electron chi connectivity index (χ2n) is 6.13. The average molecular weight is 328 g/mol. The molecule has 1 heterocycles. The van der Waals surface area contributed by atoms with Gasteiger partial charge in [-0.25, -0.2) is 0 Å². The molecule has 4 atom stereocenters. The molecule has 1 N–H and O–H groups in total. The number of benzene rings is 2. The Morgan fingerprint density at radius 2 is 1.46 bits per heavy atom. The van der Waals surface area contributed by atoms with Crippen molar-refractivity contribution < 1.29 is 19.3 Å². The fourth-order valence-electron chi connectivity index (χ4n) is 2.97. The van der Waals surface area contributed by atoms with Gasteiger partial charge in [0.05, 0.1) is 25.4 Å². The predicted molar refractivity (Wildman–Crippen MR) is 91.2 cm³/mol. The van der Waals surface area contributed by atoms with Crippen molar-refractivity contribution in [2.75, 3.05) is 0 Å². The van der Waals surface area contributed by atoms with Crippen molar-refractivity contribution in [2.45, 2.75) is 51.2 Å². The van der Waals surface area contributed by atoms with Crippen molar-refractivity contribution in [2.24, 2.45) is 0 Å². The molecule has 0 amide bonds. The first-order valence-electron chi connectivity index (χ1n) is 8.37. The molecule has 2 aromatic carbocycles. The summed E-state index contributed by atoms with van der Waals surface area (Å²) < 4.78 is 17.6. The highest BCUT2D eigenvalue weighted by Crippen LogP contribution is 2.26. The van der Waals surface area contributed by atoms with Crippen molar-refractivity contribution in [3.8, 4) is 0 Å². The molecule has 3 rings (SSSR count). The fourth-order valence-corrected chi connectivity index (χ4v) is 2.97. The van der Waals surface area contributed by atoms with Crippen LogP contribution >= 0.6 is 0 Å². The average Bonchev–Trinajstić information content (AvgIpc) is 2.61. The minimum absolute atomic E-state index is 0.201. The zero-order chi connectivity index (χ0) is 16.8. The van der Waals surface area contributed by atoms with Gasteiger partial charge in [-0.2, -0.15) is 0 Å². The van der Waals surface area contributed by atoms with Crippen molar-refractivity contribution in [3.05, 3.63) is 71.8 Å². The summed E-state index contributed by atoms with van der Waals surface area (Å²) in [6.07, 6.45) is -1.03. The molecule has 2 aromatic rings. The number of aliphatic hydroxyl groups excluding tert-OH is 1.